The Morgan fingerprint density at radius 1 is 1.15 bits per heavy atom. The van der Waals surface area contributed by atoms with Gasteiger partial charge >= 0.3 is 0 Å². The van der Waals surface area contributed by atoms with Crippen LogP contribution in [0.25, 0.3) is 11.0 Å². The van der Waals surface area contributed by atoms with E-state index in [2.05, 4.69) is 16.5 Å². The molecule has 0 radical (unpaired) electrons. The number of aryl methyl sites for hydroxylation is 1. The van der Waals surface area contributed by atoms with Crippen molar-refractivity contribution in [2.45, 2.75) is 43.1 Å². The molecule has 0 fully saturated rings. The van der Waals surface area contributed by atoms with E-state index in [4.69, 9.17) is 4.98 Å². The van der Waals surface area contributed by atoms with E-state index in [-0.39, 0.29) is 0 Å². The van der Waals surface area contributed by atoms with Crippen LogP contribution in [0.3, 0.4) is 0 Å². The molecule has 2 heterocycles. The normalized spacial score (nSPS) is 12.1. The Kier molecular flexibility index (Phi) is 6.18. The summed E-state index contributed by atoms with van der Waals surface area (Å²) in [4.78, 5) is 9.14. The van der Waals surface area contributed by atoms with Crippen LogP contribution in [0, 0.1) is 0 Å². The standard InChI is InChI=1S/C19H24N4O2S2/c1-4-22(5-2)27(24,25)16-9-10-18-17(12-16)21-19(23(18)6-3)26-14-15-8-7-11-20-13-15/h7-13H,4-6,14H2,1-3H3. The maximum absolute atomic E-state index is 12.8. The predicted octanol–water partition coefficient (Wildman–Crippen LogP) is 3.77. The molecule has 0 saturated carbocycles. The van der Waals surface area contributed by atoms with Crippen LogP contribution >= 0.6 is 11.8 Å². The van der Waals surface area contributed by atoms with Gasteiger partial charge in [0.05, 0.1) is 15.9 Å². The monoisotopic (exact) mass is 404 g/mol. The van der Waals surface area contributed by atoms with Gasteiger partial charge in [0.15, 0.2) is 5.16 Å². The predicted molar refractivity (Wildman–Crippen MR) is 109 cm³/mol. The third kappa shape index (κ3) is 4.02. The quantitative estimate of drug-likeness (QED) is 0.535. The fourth-order valence-electron chi connectivity index (χ4n) is 3.01. The van der Waals surface area contributed by atoms with Crippen LogP contribution in [-0.4, -0.2) is 40.3 Å². The zero-order valence-electron chi connectivity index (χ0n) is 15.8. The molecule has 0 bridgehead atoms. The van der Waals surface area contributed by atoms with E-state index >= 15 is 0 Å². The fraction of sp³-hybridized carbons (Fsp3) is 0.368. The van der Waals surface area contributed by atoms with Gasteiger partial charge < -0.3 is 4.57 Å². The molecule has 27 heavy (non-hydrogen) atoms. The summed E-state index contributed by atoms with van der Waals surface area (Å²) in [5.41, 5.74) is 2.78. The number of hydrogen-bond acceptors (Lipinski definition) is 5. The number of aromatic nitrogens is 3. The Balaban J connectivity index is 1.95. The Hall–Kier alpha value is -1.90. The maximum Gasteiger partial charge on any atom is 0.243 e. The molecule has 0 aliphatic carbocycles. The summed E-state index contributed by atoms with van der Waals surface area (Å²) >= 11 is 1.63. The topological polar surface area (TPSA) is 68.1 Å². The summed E-state index contributed by atoms with van der Waals surface area (Å²) in [6.45, 7) is 7.43. The molecular formula is C19H24N4O2S2. The van der Waals surface area contributed by atoms with Crippen LogP contribution in [0.1, 0.15) is 26.3 Å². The van der Waals surface area contributed by atoms with Gasteiger partial charge in [-0.1, -0.05) is 31.7 Å². The largest absolute Gasteiger partial charge is 0.319 e. The van der Waals surface area contributed by atoms with E-state index in [0.29, 0.717) is 23.5 Å². The van der Waals surface area contributed by atoms with Crippen molar-refractivity contribution in [3.63, 3.8) is 0 Å². The van der Waals surface area contributed by atoms with Crippen molar-refractivity contribution in [2.24, 2.45) is 0 Å². The number of benzene rings is 1. The number of imidazole rings is 1. The van der Waals surface area contributed by atoms with E-state index in [1.165, 1.54) is 4.31 Å². The molecule has 0 amide bonds. The summed E-state index contributed by atoms with van der Waals surface area (Å²) < 4.78 is 29.2. The molecule has 6 nitrogen and oxygen atoms in total. The molecule has 8 heteroatoms. The van der Waals surface area contributed by atoms with Gasteiger partial charge in [0.1, 0.15) is 0 Å². The van der Waals surface area contributed by atoms with E-state index in [1.807, 2.05) is 38.2 Å². The van der Waals surface area contributed by atoms with E-state index in [0.717, 1.165) is 28.5 Å². The third-order valence-electron chi connectivity index (χ3n) is 4.43. The minimum Gasteiger partial charge on any atom is -0.319 e. The first kappa shape index (κ1) is 19.9. The van der Waals surface area contributed by atoms with Gasteiger partial charge in [0.2, 0.25) is 10.0 Å². The molecule has 3 aromatic rings. The van der Waals surface area contributed by atoms with Crippen molar-refractivity contribution < 1.29 is 8.42 Å². The SMILES string of the molecule is CCN(CC)S(=O)(=O)c1ccc2c(c1)nc(SCc1cccnc1)n2CC. The average molecular weight is 405 g/mol. The van der Waals surface area contributed by atoms with Crippen LogP contribution in [0.4, 0.5) is 0 Å². The zero-order valence-corrected chi connectivity index (χ0v) is 17.4. The zero-order chi connectivity index (χ0) is 19.4. The minimum absolute atomic E-state index is 0.295. The van der Waals surface area contributed by atoms with Crippen molar-refractivity contribution in [1.29, 1.82) is 0 Å². The second-order valence-corrected chi connectivity index (χ2v) is 8.91. The highest BCUT2D eigenvalue weighted by atomic mass is 32.2. The lowest BCUT2D eigenvalue weighted by molar-refractivity contribution is 0.445. The molecule has 0 atom stereocenters. The Labute approximate surface area is 164 Å². The van der Waals surface area contributed by atoms with Gasteiger partial charge in [-0.25, -0.2) is 13.4 Å². The highest BCUT2D eigenvalue weighted by molar-refractivity contribution is 7.98. The molecule has 3 rings (SSSR count). The number of rotatable bonds is 8. The van der Waals surface area contributed by atoms with Gasteiger partial charge in [-0.05, 0) is 36.8 Å². The number of nitrogens with zero attached hydrogens (tertiary/aromatic N) is 4. The van der Waals surface area contributed by atoms with Crippen molar-refractivity contribution in [1.82, 2.24) is 18.8 Å². The molecule has 0 saturated heterocycles. The smallest absolute Gasteiger partial charge is 0.243 e. The van der Waals surface area contributed by atoms with Gasteiger partial charge in [-0.15, -0.1) is 0 Å². The van der Waals surface area contributed by atoms with Crippen LogP contribution < -0.4 is 0 Å². The molecule has 0 aliphatic rings. The van der Waals surface area contributed by atoms with Gasteiger partial charge in [-0.3, -0.25) is 4.98 Å². The number of hydrogen-bond donors (Lipinski definition) is 0. The third-order valence-corrected chi connectivity index (χ3v) is 7.53. The van der Waals surface area contributed by atoms with Gasteiger partial charge in [0, 0.05) is 37.8 Å². The molecule has 0 N–H and O–H groups in total. The first-order valence-corrected chi connectivity index (χ1v) is 11.5. The van der Waals surface area contributed by atoms with Crippen LogP contribution in [-0.2, 0) is 22.3 Å². The average Bonchev–Trinajstić information content (AvgIpc) is 3.04. The molecule has 0 unspecified atom stereocenters. The lowest BCUT2D eigenvalue weighted by Crippen LogP contribution is -2.30. The molecule has 0 spiro atoms. The Morgan fingerprint density at radius 3 is 2.56 bits per heavy atom. The lowest BCUT2D eigenvalue weighted by atomic mass is 10.3. The van der Waals surface area contributed by atoms with Crippen LogP contribution in [0.2, 0.25) is 0 Å². The molecule has 2 aromatic heterocycles. The number of thioether (sulfide) groups is 1. The highest BCUT2D eigenvalue weighted by Crippen LogP contribution is 2.28. The molecule has 1 aromatic carbocycles. The van der Waals surface area contributed by atoms with Crippen molar-refractivity contribution in [3.8, 4) is 0 Å². The Bertz CT molecular complexity index is 1010. The van der Waals surface area contributed by atoms with E-state index < -0.39 is 10.0 Å². The summed E-state index contributed by atoms with van der Waals surface area (Å²) in [5, 5.41) is 0.883. The number of sulfonamides is 1. The maximum atomic E-state index is 12.8. The minimum atomic E-state index is -3.49. The van der Waals surface area contributed by atoms with Crippen molar-refractivity contribution in [2.75, 3.05) is 13.1 Å². The molecule has 144 valence electrons. The second-order valence-electron chi connectivity index (χ2n) is 6.03. The highest BCUT2D eigenvalue weighted by Gasteiger charge is 2.23. The first-order chi connectivity index (χ1) is 13.0. The summed E-state index contributed by atoms with van der Waals surface area (Å²) in [6, 6.07) is 9.18. The number of fused-ring (bicyclic) bond motifs is 1. The van der Waals surface area contributed by atoms with Gasteiger partial charge in [-0.2, -0.15) is 4.31 Å². The molecule has 0 aliphatic heterocycles. The lowest BCUT2D eigenvalue weighted by Gasteiger charge is -2.18. The second kappa shape index (κ2) is 8.41. The van der Waals surface area contributed by atoms with Crippen LogP contribution in [0.15, 0.2) is 52.8 Å². The summed E-state index contributed by atoms with van der Waals surface area (Å²) in [5.74, 6) is 0.766. The summed E-state index contributed by atoms with van der Waals surface area (Å²) in [6.07, 6.45) is 3.61. The van der Waals surface area contributed by atoms with Crippen LogP contribution in [0.5, 0.6) is 0 Å². The van der Waals surface area contributed by atoms with E-state index in [9.17, 15) is 8.42 Å². The summed E-state index contributed by atoms with van der Waals surface area (Å²) in [7, 11) is -3.49. The van der Waals surface area contributed by atoms with Crippen molar-refractivity contribution >= 4 is 32.8 Å². The van der Waals surface area contributed by atoms with Gasteiger partial charge in [0.25, 0.3) is 0 Å². The Morgan fingerprint density at radius 2 is 1.93 bits per heavy atom. The number of pyridine rings is 1. The molecular weight excluding hydrogens is 380 g/mol. The van der Waals surface area contributed by atoms with E-state index in [1.54, 1.807) is 30.1 Å². The fourth-order valence-corrected chi connectivity index (χ4v) is 5.50. The first-order valence-electron chi connectivity index (χ1n) is 9.03. The van der Waals surface area contributed by atoms with Crippen molar-refractivity contribution in [3.05, 3.63) is 48.3 Å².